The number of amides is 2. The number of ether oxygens (including phenoxy) is 4. The monoisotopic (exact) mass is 686 g/mol. The number of rotatable bonds is 13. The Labute approximate surface area is 268 Å². The summed E-state index contributed by atoms with van der Waals surface area (Å²) >= 11 is 9.45. The van der Waals surface area contributed by atoms with E-state index in [1.165, 1.54) is 7.11 Å². The fourth-order valence-corrected chi connectivity index (χ4v) is 4.91. The highest BCUT2D eigenvalue weighted by atomic mass is 79.9. The van der Waals surface area contributed by atoms with Gasteiger partial charge in [0.15, 0.2) is 17.7 Å². The van der Waals surface area contributed by atoms with Crippen LogP contribution in [0.2, 0.25) is 5.02 Å². The fraction of sp³-hybridized carbons (Fsp3) is 0.258. The molecular formula is C31H32BrClN4O7. The van der Waals surface area contributed by atoms with Crippen molar-refractivity contribution in [2.45, 2.75) is 32.7 Å². The van der Waals surface area contributed by atoms with Crippen LogP contribution in [-0.4, -0.2) is 49.9 Å². The highest BCUT2D eigenvalue weighted by Gasteiger charge is 2.32. The number of esters is 1. The number of nitrogens with zero attached hydrogens (tertiary/aromatic N) is 1. The molecule has 1 aliphatic rings. The van der Waals surface area contributed by atoms with Gasteiger partial charge in [0, 0.05) is 10.7 Å². The summed E-state index contributed by atoms with van der Waals surface area (Å²) in [5.41, 5.74) is 5.64. The van der Waals surface area contributed by atoms with Crippen LogP contribution >= 0.6 is 27.5 Å². The number of methoxy groups -OCH3 is 1. The number of aliphatic hydroxyl groups excluding tert-OH is 1. The Balaban J connectivity index is 1.34. The van der Waals surface area contributed by atoms with Gasteiger partial charge in [-0.3, -0.25) is 5.43 Å². The van der Waals surface area contributed by atoms with Crippen LogP contribution in [0.15, 0.2) is 81.5 Å². The molecule has 11 nitrogen and oxygen atoms in total. The number of benzene rings is 3. The summed E-state index contributed by atoms with van der Waals surface area (Å²) in [5, 5.41) is 20.5. The van der Waals surface area contributed by atoms with E-state index >= 15 is 0 Å². The second-order valence-electron chi connectivity index (χ2n) is 9.52. The number of nitrogens with one attached hydrogen (secondary N) is 3. The molecule has 0 aliphatic carbocycles. The van der Waals surface area contributed by atoms with Crippen LogP contribution in [0.3, 0.4) is 0 Å². The van der Waals surface area contributed by atoms with Crippen molar-refractivity contribution in [1.29, 1.82) is 0 Å². The van der Waals surface area contributed by atoms with E-state index in [4.69, 9.17) is 30.5 Å². The molecule has 0 saturated heterocycles. The molecule has 0 fully saturated rings. The van der Waals surface area contributed by atoms with E-state index in [1.54, 1.807) is 31.3 Å². The van der Waals surface area contributed by atoms with Crippen LogP contribution < -0.4 is 30.3 Å². The topological polar surface area (TPSA) is 140 Å². The number of aliphatic hydroxyl groups is 1. The van der Waals surface area contributed by atoms with Crippen LogP contribution in [0.5, 0.6) is 17.2 Å². The molecule has 0 spiro atoms. The lowest BCUT2D eigenvalue weighted by atomic mass is 9.95. The van der Waals surface area contributed by atoms with Gasteiger partial charge in [-0.2, -0.15) is 5.10 Å². The first-order chi connectivity index (χ1) is 21.2. The molecule has 232 valence electrons. The third kappa shape index (κ3) is 8.65. The van der Waals surface area contributed by atoms with Gasteiger partial charge in [-0.1, -0.05) is 29.8 Å². The average Bonchev–Trinajstić information content (AvgIpc) is 3.00. The van der Waals surface area contributed by atoms with Gasteiger partial charge in [0.05, 0.1) is 36.0 Å². The molecule has 3 aromatic carbocycles. The second-order valence-corrected chi connectivity index (χ2v) is 10.8. The highest BCUT2D eigenvalue weighted by molar-refractivity contribution is 9.10. The first-order valence-corrected chi connectivity index (χ1v) is 14.7. The van der Waals surface area contributed by atoms with Crippen molar-refractivity contribution < 1.29 is 33.6 Å². The molecule has 1 heterocycles. The summed E-state index contributed by atoms with van der Waals surface area (Å²) in [6.45, 7) is 4.03. The predicted molar refractivity (Wildman–Crippen MR) is 169 cm³/mol. The van der Waals surface area contributed by atoms with Gasteiger partial charge >= 0.3 is 12.0 Å². The normalized spacial score (nSPS) is 15.3. The minimum absolute atomic E-state index is 0.144. The summed E-state index contributed by atoms with van der Waals surface area (Å²) in [7, 11) is 1.28. The van der Waals surface area contributed by atoms with Crippen molar-refractivity contribution >= 4 is 45.7 Å². The lowest BCUT2D eigenvalue weighted by Crippen LogP contribution is -2.45. The molecule has 3 aromatic rings. The Morgan fingerprint density at radius 2 is 1.84 bits per heavy atom. The van der Waals surface area contributed by atoms with Crippen molar-refractivity contribution in [2.24, 2.45) is 5.10 Å². The first kappa shape index (κ1) is 32.6. The van der Waals surface area contributed by atoms with E-state index in [-0.39, 0.29) is 12.2 Å². The van der Waals surface area contributed by atoms with Crippen LogP contribution in [0, 0.1) is 0 Å². The van der Waals surface area contributed by atoms with Crippen LogP contribution in [0.25, 0.3) is 0 Å². The van der Waals surface area contributed by atoms with E-state index in [2.05, 4.69) is 37.1 Å². The predicted octanol–water partition coefficient (Wildman–Crippen LogP) is 5.20. The maximum Gasteiger partial charge on any atom is 0.337 e. The van der Waals surface area contributed by atoms with Gasteiger partial charge in [0.25, 0.3) is 0 Å². The molecular weight excluding hydrogens is 656 g/mol. The van der Waals surface area contributed by atoms with Crippen molar-refractivity contribution in [3.05, 3.63) is 98.1 Å². The first-order valence-electron chi connectivity index (χ1n) is 13.6. The average molecular weight is 688 g/mol. The highest BCUT2D eigenvalue weighted by Crippen LogP contribution is 2.35. The number of allylic oxidation sites excluding steroid dienone is 1. The van der Waals surface area contributed by atoms with Crippen molar-refractivity contribution in [3.8, 4) is 17.2 Å². The van der Waals surface area contributed by atoms with Crippen LogP contribution in [-0.2, 0) is 16.1 Å². The zero-order valence-corrected chi connectivity index (χ0v) is 26.6. The number of hydrogen-bond donors (Lipinski definition) is 4. The Morgan fingerprint density at radius 3 is 2.55 bits per heavy atom. The van der Waals surface area contributed by atoms with E-state index in [0.29, 0.717) is 46.7 Å². The van der Waals surface area contributed by atoms with E-state index < -0.39 is 24.3 Å². The molecule has 0 aromatic heterocycles. The van der Waals surface area contributed by atoms with Gasteiger partial charge in [0.1, 0.15) is 19.0 Å². The molecule has 44 heavy (non-hydrogen) atoms. The number of carbonyl (C=O) groups is 2. The SMILES string of the molecule is CCOc1cc([C@H]2NC(=O)NC(C)=C2C(=O)OC)ccc1OC[C@H](O)N/N=C\c1ccc(OCc2ccc(Cl)cc2)c(Br)c1. The minimum Gasteiger partial charge on any atom is -0.490 e. The van der Waals surface area contributed by atoms with Crippen molar-refractivity contribution in [2.75, 3.05) is 20.3 Å². The van der Waals surface area contributed by atoms with Gasteiger partial charge in [-0.25, -0.2) is 9.59 Å². The number of urea groups is 1. The molecule has 0 unspecified atom stereocenters. The molecule has 4 N–H and O–H groups in total. The van der Waals surface area contributed by atoms with Gasteiger partial charge in [-0.15, -0.1) is 0 Å². The molecule has 0 radical (unpaired) electrons. The molecule has 13 heteroatoms. The fourth-order valence-electron chi connectivity index (χ4n) is 4.28. The summed E-state index contributed by atoms with van der Waals surface area (Å²) in [6.07, 6.45) is 0.421. The molecule has 0 saturated carbocycles. The Kier molecular flexibility index (Phi) is 11.5. The number of halogens is 2. The molecule has 2 atom stereocenters. The van der Waals surface area contributed by atoms with Crippen molar-refractivity contribution in [3.63, 3.8) is 0 Å². The van der Waals surface area contributed by atoms with Crippen LogP contribution in [0.1, 0.15) is 36.6 Å². The smallest absolute Gasteiger partial charge is 0.337 e. The van der Waals surface area contributed by atoms with Gasteiger partial charge in [0.2, 0.25) is 0 Å². The molecule has 0 bridgehead atoms. The Hall–Kier alpha value is -4.26. The quantitative estimate of drug-likeness (QED) is 0.0833. The minimum atomic E-state index is -1.13. The Bertz CT molecular complexity index is 1550. The molecule has 2 amide bonds. The lowest BCUT2D eigenvalue weighted by Gasteiger charge is -2.28. The zero-order chi connectivity index (χ0) is 31.6. The number of carbonyl (C=O) groups excluding carboxylic acids is 2. The standard InChI is InChI=1S/C31H32BrClN4O7/c1-4-42-26-14-21(29-28(30(39)41-3)18(2)35-31(40)36-29)8-12-25(26)44-17-27(38)37-34-15-20-7-11-24(23(32)13-20)43-16-19-5-9-22(33)10-6-19/h5-15,27,29,37-38H,4,16-17H2,1-3H3,(H2,35,36,40)/b34-15-/t27-,29+/m0/s1. The summed E-state index contributed by atoms with van der Waals surface area (Å²) in [4.78, 5) is 24.6. The summed E-state index contributed by atoms with van der Waals surface area (Å²) in [6, 6.07) is 16.7. The largest absolute Gasteiger partial charge is 0.490 e. The van der Waals surface area contributed by atoms with Gasteiger partial charge in [-0.05, 0) is 88.9 Å². The maximum atomic E-state index is 12.4. The third-order valence-corrected chi connectivity index (χ3v) is 7.24. The van der Waals surface area contributed by atoms with E-state index in [1.807, 2.05) is 49.4 Å². The van der Waals surface area contributed by atoms with Crippen molar-refractivity contribution in [1.82, 2.24) is 16.1 Å². The van der Waals surface area contributed by atoms with Crippen LogP contribution in [0.4, 0.5) is 4.79 Å². The number of hydrazone groups is 1. The maximum absolute atomic E-state index is 12.4. The third-order valence-electron chi connectivity index (χ3n) is 6.37. The number of hydrogen-bond acceptors (Lipinski definition) is 9. The molecule has 1 aliphatic heterocycles. The van der Waals surface area contributed by atoms with E-state index in [0.717, 1.165) is 15.6 Å². The second kappa shape index (κ2) is 15.5. The van der Waals surface area contributed by atoms with E-state index in [9.17, 15) is 14.7 Å². The van der Waals surface area contributed by atoms with Gasteiger partial charge < -0.3 is 34.7 Å². The summed E-state index contributed by atoms with van der Waals surface area (Å²) < 4.78 is 23.1. The lowest BCUT2D eigenvalue weighted by molar-refractivity contribution is -0.136. The molecule has 4 rings (SSSR count). The summed E-state index contributed by atoms with van der Waals surface area (Å²) in [5.74, 6) is 0.835. The zero-order valence-electron chi connectivity index (χ0n) is 24.2. The Morgan fingerprint density at radius 1 is 1.09 bits per heavy atom.